The van der Waals surface area contributed by atoms with E-state index in [1.54, 1.807) is 17.6 Å². The monoisotopic (exact) mass is 352 g/mol. The number of fused-ring (bicyclic) bond motifs is 1. The van der Waals surface area contributed by atoms with E-state index in [9.17, 15) is 17.2 Å². The fourth-order valence-corrected chi connectivity index (χ4v) is 2.94. The van der Waals surface area contributed by atoms with Gasteiger partial charge >= 0.3 is 10.1 Å². The second-order valence-corrected chi connectivity index (χ2v) is 6.99. The highest BCUT2D eigenvalue weighted by atomic mass is 32.2. The summed E-state index contributed by atoms with van der Waals surface area (Å²) in [5.74, 6) is -0.341. The Balaban J connectivity index is 2.08. The van der Waals surface area contributed by atoms with Crippen molar-refractivity contribution in [2.75, 3.05) is 6.26 Å². The Morgan fingerprint density at radius 2 is 1.92 bits per heavy atom. The summed E-state index contributed by atoms with van der Waals surface area (Å²) in [4.78, 5) is 4.34. The van der Waals surface area contributed by atoms with Gasteiger partial charge in [0, 0.05) is 11.6 Å². The minimum Gasteiger partial charge on any atom is -0.383 e. The third-order valence-electron chi connectivity index (χ3n) is 3.49. The zero-order valence-electron chi connectivity index (χ0n) is 13.0. The highest BCUT2D eigenvalue weighted by Crippen LogP contribution is 2.24. The Hall–Kier alpha value is -2.48. The fourth-order valence-electron chi connectivity index (χ4n) is 2.48. The maximum absolute atomic E-state index is 13.9. The van der Waals surface area contributed by atoms with E-state index in [0.717, 1.165) is 24.5 Å². The van der Waals surface area contributed by atoms with Gasteiger partial charge in [0.05, 0.1) is 23.8 Å². The third-order valence-corrected chi connectivity index (χ3v) is 3.99. The summed E-state index contributed by atoms with van der Waals surface area (Å²) < 4.78 is 56.3. The Morgan fingerprint density at radius 3 is 2.62 bits per heavy atom. The molecule has 0 spiro atoms. The first-order chi connectivity index (χ1) is 11.2. The molecule has 3 aromatic rings. The molecule has 0 unspecified atom stereocenters. The summed E-state index contributed by atoms with van der Waals surface area (Å²) in [6.07, 6.45) is 0.946. The lowest BCUT2D eigenvalue weighted by atomic mass is 10.2. The molecule has 0 radical (unpaired) electrons. The van der Waals surface area contributed by atoms with E-state index in [1.807, 2.05) is 0 Å². The quantitative estimate of drug-likeness (QED) is 0.677. The molecule has 0 amide bonds. The maximum atomic E-state index is 13.9. The van der Waals surface area contributed by atoms with Crippen molar-refractivity contribution in [1.82, 2.24) is 9.55 Å². The molecule has 24 heavy (non-hydrogen) atoms. The van der Waals surface area contributed by atoms with Gasteiger partial charge in [0.15, 0.2) is 0 Å². The minimum atomic E-state index is -3.66. The summed E-state index contributed by atoms with van der Waals surface area (Å²) in [7, 11) is -3.66. The summed E-state index contributed by atoms with van der Waals surface area (Å²) in [6, 6.07) is 7.85. The molecule has 0 fully saturated rings. The number of hydrogen-bond acceptors (Lipinski definition) is 4. The number of aromatic nitrogens is 2. The van der Waals surface area contributed by atoms with Gasteiger partial charge in [0.1, 0.15) is 23.2 Å². The van der Waals surface area contributed by atoms with Crippen LogP contribution in [0.2, 0.25) is 0 Å². The van der Waals surface area contributed by atoms with E-state index in [1.165, 1.54) is 12.1 Å². The van der Waals surface area contributed by atoms with Crippen LogP contribution in [0.15, 0.2) is 36.4 Å². The predicted molar refractivity (Wildman–Crippen MR) is 85.4 cm³/mol. The highest BCUT2D eigenvalue weighted by molar-refractivity contribution is 7.86. The Morgan fingerprint density at radius 1 is 1.17 bits per heavy atom. The van der Waals surface area contributed by atoms with Gasteiger partial charge < -0.3 is 8.75 Å². The molecule has 3 rings (SSSR count). The van der Waals surface area contributed by atoms with Gasteiger partial charge in [-0.25, -0.2) is 13.8 Å². The van der Waals surface area contributed by atoms with Gasteiger partial charge in [-0.05, 0) is 37.3 Å². The number of hydrogen-bond donors (Lipinski definition) is 0. The summed E-state index contributed by atoms with van der Waals surface area (Å²) in [6.45, 7) is 1.79. The number of halogens is 2. The maximum Gasteiger partial charge on any atom is 0.306 e. The van der Waals surface area contributed by atoms with Gasteiger partial charge in [0.2, 0.25) is 0 Å². The zero-order chi connectivity index (χ0) is 17.5. The van der Waals surface area contributed by atoms with Crippen molar-refractivity contribution in [1.29, 1.82) is 0 Å². The number of aryl methyl sites for hydroxylation is 1. The SMILES string of the molecule is Cc1nc2ccc(OS(C)(=O)=O)cc2n1Cc1cc(F)ccc1F. The van der Waals surface area contributed by atoms with E-state index in [2.05, 4.69) is 4.98 Å². The smallest absolute Gasteiger partial charge is 0.306 e. The predicted octanol–water partition coefficient (Wildman–Crippen LogP) is 3.01. The molecular formula is C16H14F2N2O3S. The van der Waals surface area contributed by atoms with Crippen LogP contribution in [0.1, 0.15) is 11.4 Å². The molecule has 5 nitrogen and oxygen atoms in total. The topological polar surface area (TPSA) is 61.2 Å². The van der Waals surface area contributed by atoms with Crippen molar-refractivity contribution in [3.63, 3.8) is 0 Å². The summed E-state index contributed by atoms with van der Waals surface area (Å²) >= 11 is 0. The van der Waals surface area contributed by atoms with E-state index in [0.29, 0.717) is 16.9 Å². The summed E-state index contributed by atoms with van der Waals surface area (Å²) in [5, 5.41) is 0. The van der Waals surface area contributed by atoms with E-state index < -0.39 is 21.8 Å². The van der Waals surface area contributed by atoms with Crippen molar-refractivity contribution in [2.24, 2.45) is 0 Å². The zero-order valence-corrected chi connectivity index (χ0v) is 13.8. The fraction of sp³-hybridized carbons (Fsp3) is 0.188. The second-order valence-electron chi connectivity index (χ2n) is 5.42. The number of imidazole rings is 1. The second kappa shape index (κ2) is 5.86. The molecule has 0 saturated carbocycles. The molecule has 0 saturated heterocycles. The van der Waals surface area contributed by atoms with Crippen LogP contribution >= 0.6 is 0 Å². The van der Waals surface area contributed by atoms with Crippen LogP contribution in [-0.4, -0.2) is 24.2 Å². The molecule has 0 bridgehead atoms. The standard InChI is InChI=1S/C16H14F2N2O3S/c1-10-19-15-6-4-13(23-24(2,21)22)8-16(15)20(10)9-11-7-12(17)3-5-14(11)18/h3-8H,9H2,1-2H3. The lowest BCUT2D eigenvalue weighted by Crippen LogP contribution is -2.07. The summed E-state index contributed by atoms with van der Waals surface area (Å²) in [5.41, 5.74) is 1.34. The molecule has 0 N–H and O–H groups in total. The molecule has 1 heterocycles. The highest BCUT2D eigenvalue weighted by Gasteiger charge is 2.13. The minimum absolute atomic E-state index is 0.0637. The van der Waals surface area contributed by atoms with Gasteiger partial charge in [0.25, 0.3) is 0 Å². The Bertz CT molecular complexity index is 1030. The third kappa shape index (κ3) is 3.38. The largest absolute Gasteiger partial charge is 0.383 e. The van der Waals surface area contributed by atoms with Gasteiger partial charge in [-0.1, -0.05) is 0 Å². The molecule has 0 aliphatic heterocycles. The van der Waals surface area contributed by atoms with Crippen LogP contribution in [0.3, 0.4) is 0 Å². The van der Waals surface area contributed by atoms with Gasteiger partial charge in [-0.15, -0.1) is 0 Å². The Labute approximate surface area is 137 Å². The average Bonchev–Trinajstić information content (AvgIpc) is 2.77. The van der Waals surface area contributed by atoms with Crippen molar-refractivity contribution in [2.45, 2.75) is 13.5 Å². The molecule has 2 aromatic carbocycles. The van der Waals surface area contributed by atoms with E-state index in [-0.39, 0.29) is 17.9 Å². The first-order valence-corrected chi connectivity index (χ1v) is 8.85. The van der Waals surface area contributed by atoms with E-state index >= 15 is 0 Å². The lowest BCUT2D eigenvalue weighted by molar-refractivity contribution is 0.493. The van der Waals surface area contributed by atoms with Gasteiger partial charge in [-0.3, -0.25) is 0 Å². The first kappa shape index (κ1) is 16.4. The van der Waals surface area contributed by atoms with Crippen molar-refractivity contribution in [3.05, 3.63) is 59.4 Å². The van der Waals surface area contributed by atoms with Crippen molar-refractivity contribution < 1.29 is 21.4 Å². The van der Waals surface area contributed by atoms with Crippen LogP contribution in [-0.2, 0) is 16.7 Å². The van der Waals surface area contributed by atoms with Crippen LogP contribution in [0.4, 0.5) is 8.78 Å². The normalized spacial score (nSPS) is 11.8. The van der Waals surface area contributed by atoms with Crippen LogP contribution in [0.5, 0.6) is 5.75 Å². The number of benzene rings is 2. The van der Waals surface area contributed by atoms with Crippen molar-refractivity contribution in [3.8, 4) is 5.75 Å². The molecule has 8 heteroatoms. The molecule has 1 aromatic heterocycles. The van der Waals surface area contributed by atoms with Crippen LogP contribution in [0, 0.1) is 18.6 Å². The average molecular weight is 352 g/mol. The Kier molecular flexibility index (Phi) is 4.00. The molecule has 0 aliphatic carbocycles. The molecule has 0 atom stereocenters. The lowest BCUT2D eigenvalue weighted by Gasteiger charge is -2.09. The van der Waals surface area contributed by atoms with Crippen LogP contribution < -0.4 is 4.18 Å². The van der Waals surface area contributed by atoms with Crippen molar-refractivity contribution >= 4 is 21.2 Å². The van der Waals surface area contributed by atoms with Gasteiger partial charge in [-0.2, -0.15) is 8.42 Å². The molecule has 126 valence electrons. The first-order valence-electron chi connectivity index (χ1n) is 7.03. The van der Waals surface area contributed by atoms with E-state index in [4.69, 9.17) is 4.18 Å². The van der Waals surface area contributed by atoms with Crippen LogP contribution in [0.25, 0.3) is 11.0 Å². The number of rotatable bonds is 4. The number of nitrogens with zero attached hydrogens (tertiary/aromatic N) is 2. The molecular weight excluding hydrogens is 338 g/mol. The molecule has 0 aliphatic rings.